The third-order valence-corrected chi connectivity index (χ3v) is 4.19. The second-order valence-corrected chi connectivity index (χ2v) is 5.52. The molecule has 0 amide bonds. The van der Waals surface area contributed by atoms with Crippen molar-refractivity contribution < 1.29 is 0 Å². The average Bonchev–Trinajstić information content (AvgIpc) is 2.80. The van der Waals surface area contributed by atoms with Crippen molar-refractivity contribution in [3.63, 3.8) is 0 Å². The lowest BCUT2D eigenvalue weighted by Gasteiger charge is -2.24. The number of fused-ring (bicyclic) bond motifs is 1. The van der Waals surface area contributed by atoms with Gasteiger partial charge in [0, 0.05) is 31.2 Å². The Bertz CT molecular complexity index is 573. The van der Waals surface area contributed by atoms with Gasteiger partial charge < -0.3 is 15.2 Å². The highest BCUT2D eigenvalue weighted by molar-refractivity contribution is 5.79. The summed E-state index contributed by atoms with van der Waals surface area (Å²) in [6.07, 6.45) is 2.12. The first-order valence-electron chi connectivity index (χ1n) is 7.51. The predicted octanol–water partition coefficient (Wildman–Crippen LogP) is 2.91. The van der Waals surface area contributed by atoms with Crippen LogP contribution in [0.15, 0.2) is 18.2 Å². The minimum absolute atomic E-state index is 0.616. The molecule has 2 aromatic rings. The van der Waals surface area contributed by atoms with E-state index in [1.165, 1.54) is 11.9 Å². The van der Waals surface area contributed by atoms with E-state index in [2.05, 4.69) is 43.4 Å². The molecule has 0 saturated carbocycles. The first-order valence-corrected chi connectivity index (χ1v) is 7.51. The number of likely N-dealkylation sites (N-methyl/N-ethyl adjacent to an activating group) is 1. The van der Waals surface area contributed by atoms with Crippen LogP contribution in [0.1, 0.15) is 33.0 Å². The van der Waals surface area contributed by atoms with Crippen LogP contribution in [0.2, 0.25) is 0 Å². The molecule has 0 aliphatic rings. The molecular formula is C16H26N4. The highest BCUT2D eigenvalue weighted by atomic mass is 15.2. The van der Waals surface area contributed by atoms with Crippen molar-refractivity contribution in [2.24, 2.45) is 0 Å². The van der Waals surface area contributed by atoms with Gasteiger partial charge in [-0.1, -0.05) is 13.8 Å². The third-order valence-electron chi connectivity index (χ3n) is 4.19. The van der Waals surface area contributed by atoms with E-state index in [1.54, 1.807) is 0 Å². The zero-order chi connectivity index (χ0) is 14.7. The molecule has 1 atom stereocenters. The summed E-state index contributed by atoms with van der Waals surface area (Å²) in [4.78, 5) is 7.10. The number of aromatic nitrogens is 2. The van der Waals surface area contributed by atoms with Crippen molar-refractivity contribution in [3.05, 3.63) is 24.0 Å². The molecule has 1 aromatic carbocycles. The SMILES string of the molecule is CCc1nc2cc(N)ccc2n1CCN(C)C(C)CC. The highest BCUT2D eigenvalue weighted by Gasteiger charge is 2.12. The second kappa shape index (κ2) is 6.27. The Morgan fingerprint density at radius 1 is 1.35 bits per heavy atom. The van der Waals surface area contributed by atoms with Crippen LogP contribution in [-0.2, 0) is 13.0 Å². The Labute approximate surface area is 121 Å². The van der Waals surface area contributed by atoms with E-state index >= 15 is 0 Å². The maximum absolute atomic E-state index is 5.85. The monoisotopic (exact) mass is 274 g/mol. The average molecular weight is 274 g/mol. The van der Waals surface area contributed by atoms with Crippen molar-refractivity contribution in [1.29, 1.82) is 0 Å². The Morgan fingerprint density at radius 2 is 2.10 bits per heavy atom. The van der Waals surface area contributed by atoms with Gasteiger partial charge in [0.15, 0.2) is 0 Å². The maximum Gasteiger partial charge on any atom is 0.109 e. The van der Waals surface area contributed by atoms with Gasteiger partial charge in [-0.15, -0.1) is 0 Å². The molecule has 2 rings (SSSR count). The van der Waals surface area contributed by atoms with E-state index < -0.39 is 0 Å². The van der Waals surface area contributed by atoms with Crippen LogP contribution in [0.4, 0.5) is 5.69 Å². The molecule has 0 radical (unpaired) electrons. The van der Waals surface area contributed by atoms with Crippen molar-refractivity contribution in [3.8, 4) is 0 Å². The van der Waals surface area contributed by atoms with Gasteiger partial charge in [0.2, 0.25) is 0 Å². The maximum atomic E-state index is 5.85. The Morgan fingerprint density at radius 3 is 2.75 bits per heavy atom. The lowest BCUT2D eigenvalue weighted by molar-refractivity contribution is 0.242. The van der Waals surface area contributed by atoms with E-state index in [0.717, 1.165) is 36.5 Å². The molecule has 0 saturated heterocycles. The van der Waals surface area contributed by atoms with Gasteiger partial charge >= 0.3 is 0 Å². The van der Waals surface area contributed by atoms with Crippen molar-refractivity contribution in [2.45, 2.75) is 46.2 Å². The number of rotatable bonds is 6. The molecular weight excluding hydrogens is 248 g/mol. The minimum Gasteiger partial charge on any atom is -0.399 e. The summed E-state index contributed by atoms with van der Waals surface area (Å²) >= 11 is 0. The summed E-state index contributed by atoms with van der Waals surface area (Å²) in [6.45, 7) is 8.67. The third kappa shape index (κ3) is 2.96. The topological polar surface area (TPSA) is 47.1 Å². The van der Waals surface area contributed by atoms with Crippen LogP contribution in [-0.4, -0.2) is 34.1 Å². The number of hydrogen-bond donors (Lipinski definition) is 1. The number of nitrogens with zero attached hydrogens (tertiary/aromatic N) is 3. The van der Waals surface area contributed by atoms with Gasteiger partial charge in [-0.05, 0) is 38.6 Å². The minimum atomic E-state index is 0.616. The van der Waals surface area contributed by atoms with Crippen molar-refractivity contribution in [1.82, 2.24) is 14.5 Å². The predicted molar refractivity (Wildman–Crippen MR) is 85.9 cm³/mol. The molecule has 1 unspecified atom stereocenters. The summed E-state index contributed by atoms with van der Waals surface area (Å²) in [5, 5.41) is 0. The fraction of sp³-hybridized carbons (Fsp3) is 0.562. The molecule has 0 spiro atoms. The lowest BCUT2D eigenvalue weighted by Crippen LogP contribution is -2.31. The number of hydrogen-bond acceptors (Lipinski definition) is 3. The Balaban J connectivity index is 2.24. The standard InChI is InChI=1S/C16H26N4/c1-5-12(3)19(4)9-10-20-15-8-7-13(17)11-14(15)18-16(20)6-2/h7-8,11-12H,5-6,9-10,17H2,1-4H3. The molecule has 20 heavy (non-hydrogen) atoms. The molecule has 2 N–H and O–H groups in total. The fourth-order valence-corrected chi connectivity index (χ4v) is 2.51. The van der Waals surface area contributed by atoms with Crippen LogP contribution in [0.25, 0.3) is 11.0 Å². The molecule has 0 fully saturated rings. The number of anilines is 1. The van der Waals surface area contributed by atoms with Gasteiger partial charge in [0.05, 0.1) is 11.0 Å². The summed E-state index contributed by atoms with van der Waals surface area (Å²) in [5.41, 5.74) is 8.82. The van der Waals surface area contributed by atoms with Gasteiger partial charge in [-0.2, -0.15) is 0 Å². The van der Waals surface area contributed by atoms with E-state index in [1.807, 2.05) is 12.1 Å². The molecule has 0 bridgehead atoms. The summed E-state index contributed by atoms with van der Waals surface area (Å²) < 4.78 is 2.33. The number of imidazole rings is 1. The number of benzene rings is 1. The molecule has 4 heteroatoms. The quantitative estimate of drug-likeness (QED) is 0.824. The summed E-state index contributed by atoms with van der Waals surface area (Å²) in [5.74, 6) is 1.14. The molecule has 0 aliphatic heterocycles. The smallest absolute Gasteiger partial charge is 0.109 e. The lowest BCUT2D eigenvalue weighted by atomic mass is 10.2. The zero-order valence-corrected chi connectivity index (χ0v) is 13.1. The van der Waals surface area contributed by atoms with E-state index in [0.29, 0.717) is 6.04 Å². The molecule has 0 aliphatic carbocycles. The molecule has 1 aromatic heterocycles. The summed E-state index contributed by atoms with van der Waals surface area (Å²) in [6, 6.07) is 6.62. The Hall–Kier alpha value is -1.55. The van der Waals surface area contributed by atoms with E-state index in [9.17, 15) is 0 Å². The van der Waals surface area contributed by atoms with E-state index in [4.69, 9.17) is 10.7 Å². The number of nitrogen functional groups attached to an aromatic ring is 1. The van der Waals surface area contributed by atoms with Gasteiger partial charge in [-0.3, -0.25) is 0 Å². The largest absolute Gasteiger partial charge is 0.399 e. The summed E-state index contributed by atoms with van der Waals surface area (Å²) in [7, 11) is 2.19. The van der Waals surface area contributed by atoms with Gasteiger partial charge in [-0.25, -0.2) is 4.98 Å². The fourth-order valence-electron chi connectivity index (χ4n) is 2.51. The first kappa shape index (κ1) is 14.9. The zero-order valence-electron chi connectivity index (χ0n) is 13.1. The molecule has 110 valence electrons. The Kier molecular flexibility index (Phi) is 4.65. The number of nitrogens with two attached hydrogens (primary N) is 1. The number of aryl methyl sites for hydroxylation is 1. The normalized spacial score (nSPS) is 13.2. The second-order valence-electron chi connectivity index (χ2n) is 5.52. The van der Waals surface area contributed by atoms with Crippen molar-refractivity contribution in [2.75, 3.05) is 19.3 Å². The van der Waals surface area contributed by atoms with Crippen LogP contribution >= 0.6 is 0 Å². The highest BCUT2D eigenvalue weighted by Crippen LogP contribution is 2.19. The van der Waals surface area contributed by atoms with Gasteiger partial charge in [0.1, 0.15) is 5.82 Å². The van der Waals surface area contributed by atoms with Crippen LogP contribution in [0.5, 0.6) is 0 Å². The van der Waals surface area contributed by atoms with E-state index in [-0.39, 0.29) is 0 Å². The van der Waals surface area contributed by atoms with Crippen LogP contribution in [0.3, 0.4) is 0 Å². The molecule has 4 nitrogen and oxygen atoms in total. The molecule has 1 heterocycles. The first-order chi connectivity index (χ1) is 9.56. The van der Waals surface area contributed by atoms with Crippen molar-refractivity contribution >= 4 is 16.7 Å². The van der Waals surface area contributed by atoms with Crippen LogP contribution < -0.4 is 5.73 Å². The van der Waals surface area contributed by atoms with Crippen LogP contribution in [0, 0.1) is 0 Å². The van der Waals surface area contributed by atoms with Gasteiger partial charge in [0.25, 0.3) is 0 Å².